The van der Waals surface area contributed by atoms with Gasteiger partial charge in [-0.25, -0.2) is 0 Å². The second-order valence-corrected chi connectivity index (χ2v) is 9.94. The van der Waals surface area contributed by atoms with Crippen LogP contribution in [0, 0.1) is 13.8 Å². The van der Waals surface area contributed by atoms with Gasteiger partial charge in [-0.1, -0.05) is 35.3 Å². The maximum Gasteiger partial charge on any atom is 0.231 e. The van der Waals surface area contributed by atoms with E-state index in [-0.39, 0.29) is 18.9 Å². The third-order valence-electron chi connectivity index (χ3n) is 6.69. The molecule has 0 amide bonds. The van der Waals surface area contributed by atoms with Gasteiger partial charge in [-0.3, -0.25) is 4.98 Å². The van der Waals surface area contributed by atoms with E-state index in [1.807, 2.05) is 48.5 Å². The van der Waals surface area contributed by atoms with Crippen molar-refractivity contribution in [2.75, 3.05) is 11.7 Å². The minimum absolute atomic E-state index is 0.173. The number of anilines is 1. The van der Waals surface area contributed by atoms with E-state index in [0.29, 0.717) is 20.9 Å². The predicted octanol–water partition coefficient (Wildman–Crippen LogP) is 6.70. The Bertz CT molecular complexity index is 1490. The molecular formula is C27H22Cl2N4O2S. The minimum Gasteiger partial charge on any atom is -0.454 e. The summed E-state index contributed by atoms with van der Waals surface area (Å²) < 4.78 is 13.3. The number of nitrogens with one attached hydrogen (secondary N) is 1. The lowest BCUT2D eigenvalue weighted by Crippen LogP contribution is -2.29. The van der Waals surface area contributed by atoms with Crippen molar-refractivity contribution in [3.8, 4) is 17.2 Å². The Morgan fingerprint density at radius 1 is 1.00 bits per heavy atom. The number of halogens is 2. The first-order chi connectivity index (χ1) is 17.4. The van der Waals surface area contributed by atoms with Gasteiger partial charge in [-0.15, -0.1) is 0 Å². The van der Waals surface area contributed by atoms with Crippen LogP contribution < -0.4 is 19.7 Å². The summed E-state index contributed by atoms with van der Waals surface area (Å²) >= 11 is 18.9. The molecule has 182 valence electrons. The number of benzene rings is 2. The minimum atomic E-state index is -0.175. The predicted molar refractivity (Wildman–Crippen MR) is 146 cm³/mol. The summed E-state index contributed by atoms with van der Waals surface area (Å²) in [5, 5.41) is 5.16. The Kier molecular flexibility index (Phi) is 5.79. The molecule has 6 rings (SSSR count). The highest BCUT2D eigenvalue weighted by molar-refractivity contribution is 7.80. The maximum atomic E-state index is 6.63. The first kappa shape index (κ1) is 23.2. The van der Waals surface area contributed by atoms with Crippen molar-refractivity contribution >= 4 is 46.2 Å². The van der Waals surface area contributed by atoms with E-state index in [0.717, 1.165) is 39.8 Å². The van der Waals surface area contributed by atoms with Crippen molar-refractivity contribution in [3.05, 3.63) is 99.6 Å². The number of hydrogen-bond acceptors (Lipinski definition) is 4. The number of fused-ring (bicyclic) bond motifs is 1. The van der Waals surface area contributed by atoms with Crippen LogP contribution in [0.25, 0.3) is 5.69 Å². The molecule has 0 unspecified atom stereocenters. The van der Waals surface area contributed by atoms with Gasteiger partial charge in [0.05, 0.1) is 33.5 Å². The molecule has 1 saturated heterocycles. The van der Waals surface area contributed by atoms with Crippen LogP contribution in [0.4, 0.5) is 5.69 Å². The molecule has 2 atom stereocenters. The Hall–Kier alpha value is -3.26. The molecular weight excluding hydrogens is 515 g/mol. The molecule has 1 fully saturated rings. The van der Waals surface area contributed by atoms with Crippen molar-refractivity contribution in [1.82, 2.24) is 14.9 Å². The van der Waals surface area contributed by atoms with E-state index < -0.39 is 0 Å². The Balaban J connectivity index is 1.53. The average molecular weight is 537 g/mol. The first-order valence-electron chi connectivity index (χ1n) is 11.5. The van der Waals surface area contributed by atoms with Gasteiger partial charge in [0.1, 0.15) is 0 Å². The lowest BCUT2D eigenvalue weighted by atomic mass is 9.96. The summed E-state index contributed by atoms with van der Waals surface area (Å²) in [4.78, 5) is 6.79. The van der Waals surface area contributed by atoms with E-state index in [4.69, 9.17) is 44.9 Å². The number of aryl methyl sites for hydroxylation is 1. The Morgan fingerprint density at radius 2 is 1.83 bits per heavy atom. The van der Waals surface area contributed by atoms with E-state index in [1.165, 1.54) is 0 Å². The van der Waals surface area contributed by atoms with Crippen molar-refractivity contribution in [3.63, 3.8) is 0 Å². The van der Waals surface area contributed by atoms with Gasteiger partial charge in [0.2, 0.25) is 6.79 Å². The van der Waals surface area contributed by atoms with Crippen LogP contribution in [0.3, 0.4) is 0 Å². The zero-order valence-corrected chi connectivity index (χ0v) is 21.9. The molecule has 4 heterocycles. The molecule has 36 heavy (non-hydrogen) atoms. The zero-order chi connectivity index (χ0) is 25.0. The van der Waals surface area contributed by atoms with Crippen molar-refractivity contribution in [1.29, 1.82) is 0 Å². The number of rotatable bonds is 4. The standard InChI is InChI=1S/C27H22Cl2N4O2S/c1-15-12-18(16(2)32(15)21-8-5-6-19(28)24(21)29)26-25(20-7-3-4-11-30-20)31-27(36)33(26)17-9-10-22-23(13-17)35-14-34-22/h3-13,25-26H,14H2,1-2H3,(H,31,36)/t25-,26-/m1/s1. The Morgan fingerprint density at radius 3 is 2.64 bits per heavy atom. The number of ether oxygens (including phenoxy) is 2. The SMILES string of the molecule is Cc1cc([C@@H]2[C@@H](c3ccccn3)NC(=S)N2c2ccc3c(c2)OCO3)c(C)n1-c1cccc(Cl)c1Cl. The molecule has 0 bridgehead atoms. The van der Waals surface area contributed by atoms with Crippen LogP contribution in [0.1, 0.15) is 34.7 Å². The Labute approximate surface area is 224 Å². The number of thiocarbonyl (C=S) groups is 1. The summed E-state index contributed by atoms with van der Waals surface area (Å²) in [5.74, 6) is 1.43. The lowest BCUT2D eigenvalue weighted by molar-refractivity contribution is 0.174. The van der Waals surface area contributed by atoms with Gasteiger partial charge in [0.25, 0.3) is 0 Å². The van der Waals surface area contributed by atoms with Crippen molar-refractivity contribution in [2.45, 2.75) is 25.9 Å². The number of pyridine rings is 1. The van der Waals surface area contributed by atoms with E-state index in [9.17, 15) is 0 Å². The summed E-state index contributed by atoms with van der Waals surface area (Å²) in [7, 11) is 0. The highest BCUT2D eigenvalue weighted by Crippen LogP contribution is 2.46. The van der Waals surface area contributed by atoms with Gasteiger partial charge in [-0.05, 0) is 74.1 Å². The van der Waals surface area contributed by atoms with E-state index >= 15 is 0 Å². The molecule has 9 heteroatoms. The number of hydrogen-bond donors (Lipinski definition) is 1. The van der Waals surface area contributed by atoms with Gasteiger partial charge in [-0.2, -0.15) is 0 Å². The normalized spacial score (nSPS) is 18.6. The van der Waals surface area contributed by atoms with Crippen LogP contribution >= 0.6 is 35.4 Å². The molecule has 2 aliphatic heterocycles. The molecule has 2 aliphatic rings. The first-order valence-corrected chi connectivity index (χ1v) is 12.6. The highest BCUT2D eigenvalue weighted by Gasteiger charge is 2.42. The topological polar surface area (TPSA) is 51.6 Å². The molecule has 0 saturated carbocycles. The molecule has 0 aliphatic carbocycles. The van der Waals surface area contributed by atoms with Crippen LogP contribution in [0.15, 0.2) is 66.9 Å². The molecule has 6 nitrogen and oxygen atoms in total. The molecule has 4 aromatic rings. The van der Waals surface area contributed by atoms with Crippen LogP contribution in [-0.4, -0.2) is 21.5 Å². The van der Waals surface area contributed by atoms with E-state index in [1.54, 1.807) is 12.3 Å². The summed E-state index contributed by atoms with van der Waals surface area (Å²) in [6.07, 6.45) is 1.80. The fourth-order valence-electron chi connectivity index (χ4n) is 5.11. The number of nitrogens with zero attached hydrogens (tertiary/aromatic N) is 3. The fraction of sp³-hybridized carbons (Fsp3) is 0.185. The fourth-order valence-corrected chi connectivity index (χ4v) is 5.83. The number of aromatic nitrogens is 2. The highest BCUT2D eigenvalue weighted by atomic mass is 35.5. The van der Waals surface area contributed by atoms with Crippen molar-refractivity contribution in [2.24, 2.45) is 0 Å². The largest absolute Gasteiger partial charge is 0.454 e. The van der Waals surface area contributed by atoms with Crippen LogP contribution in [-0.2, 0) is 0 Å². The van der Waals surface area contributed by atoms with Crippen molar-refractivity contribution < 1.29 is 9.47 Å². The summed E-state index contributed by atoms with van der Waals surface area (Å²) in [6, 6.07) is 19.3. The van der Waals surface area contributed by atoms with Gasteiger partial charge in [0.15, 0.2) is 16.6 Å². The van der Waals surface area contributed by atoms with Gasteiger partial charge >= 0.3 is 0 Å². The lowest BCUT2D eigenvalue weighted by Gasteiger charge is -2.28. The monoisotopic (exact) mass is 536 g/mol. The second kappa shape index (κ2) is 9.00. The second-order valence-electron chi connectivity index (χ2n) is 8.77. The molecule has 2 aromatic heterocycles. The van der Waals surface area contributed by atoms with Gasteiger partial charge < -0.3 is 24.3 Å². The summed E-state index contributed by atoms with van der Waals surface area (Å²) in [5.41, 5.74) is 5.83. The summed E-state index contributed by atoms with van der Waals surface area (Å²) in [6.45, 7) is 4.37. The molecule has 0 radical (unpaired) electrons. The zero-order valence-electron chi connectivity index (χ0n) is 19.5. The quantitative estimate of drug-likeness (QED) is 0.293. The third kappa shape index (κ3) is 3.70. The van der Waals surface area contributed by atoms with Crippen LogP contribution in [0.2, 0.25) is 10.0 Å². The maximum absolute atomic E-state index is 6.63. The molecule has 2 aromatic carbocycles. The molecule has 1 N–H and O–H groups in total. The van der Waals surface area contributed by atoms with E-state index in [2.05, 4.69) is 39.7 Å². The smallest absolute Gasteiger partial charge is 0.231 e. The van der Waals surface area contributed by atoms with Gasteiger partial charge in [0, 0.05) is 29.3 Å². The third-order valence-corrected chi connectivity index (χ3v) is 7.82. The van der Waals surface area contributed by atoms with Crippen LogP contribution in [0.5, 0.6) is 11.5 Å². The average Bonchev–Trinajstić information content (AvgIpc) is 3.56. The molecule has 0 spiro atoms.